The number of aryl methyl sites for hydroxylation is 1. The number of nitriles is 1. The summed E-state index contributed by atoms with van der Waals surface area (Å²) < 4.78 is 22.9. The first kappa shape index (κ1) is 27.5. The summed E-state index contributed by atoms with van der Waals surface area (Å²) >= 11 is 0. The van der Waals surface area contributed by atoms with E-state index in [-0.39, 0.29) is 42.0 Å². The molecule has 3 saturated heterocycles. The molecule has 0 spiro atoms. The maximum Gasteiger partial charge on any atom is 0.319 e. The van der Waals surface area contributed by atoms with Gasteiger partial charge >= 0.3 is 6.01 Å². The van der Waals surface area contributed by atoms with Gasteiger partial charge < -0.3 is 19.4 Å². The van der Waals surface area contributed by atoms with E-state index in [1.165, 1.54) is 0 Å². The van der Waals surface area contributed by atoms with Gasteiger partial charge in [0.1, 0.15) is 24.4 Å². The third kappa shape index (κ3) is 4.84. The molecule has 3 aliphatic rings. The fourth-order valence-electron chi connectivity index (χ4n) is 7.40. The van der Waals surface area contributed by atoms with E-state index >= 15 is 4.39 Å². The Morgan fingerprint density at radius 1 is 1.05 bits per heavy atom. The molecule has 1 aromatic heterocycles. The highest BCUT2D eigenvalue weighted by atomic mass is 19.1. The number of anilines is 1. The van der Waals surface area contributed by atoms with E-state index in [9.17, 15) is 4.79 Å². The molecule has 43 heavy (non-hydrogen) atoms. The maximum absolute atomic E-state index is 16.7. The predicted molar refractivity (Wildman–Crippen MR) is 164 cm³/mol. The summed E-state index contributed by atoms with van der Waals surface area (Å²) in [5.74, 6) is 0.113. The lowest BCUT2D eigenvalue weighted by molar-refractivity contribution is -0.133. The highest BCUT2D eigenvalue weighted by Gasteiger charge is 2.43. The maximum atomic E-state index is 16.7. The van der Waals surface area contributed by atoms with Crippen molar-refractivity contribution < 1.29 is 13.9 Å². The summed E-state index contributed by atoms with van der Waals surface area (Å²) in [6.45, 7) is 4.64. The van der Waals surface area contributed by atoms with Gasteiger partial charge in [0.25, 0.3) is 0 Å². The van der Waals surface area contributed by atoms with Crippen LogP contribution >= 0.6 is 0 Å². The number of carbonyl (C=O) groups is 1. The number of hydrogen-bond acceptors (Lipinski definition) is 7. The van der Waals surface area contributed by atoms with Crippen molar-refractivity contribution in [3.05, 3.63) is 59.9 Å². The van der Waals surface area contributed by atoms with E-state index in [4.69, 9.17) is 15.0 Å². The van der Waals surface area contributed by atoms with E-state index in [1.807, 2.05) is 66.4 Å². The molecule has 8 nitrogen and oxygen atoms in total. The zero-order valence-electron chi connectivity index (χ0n) is 24.6. The smallest absolute Gasteiger partial charge is 0.319 e. The summed E-state index contributed by atoms with van der Waals surface area (Å²) in [5, 5.41) is 11.8. The zero-order valence-corrected chi connectivity index (χ0v) is 24.6. The van der Waals surface area contributed by atoms with Crippen LogP contribution in [0.3, 0.4) is 0 Å². The monoisotopic (exact) mass is 578 g/mol. The first-order valence-electron chi connectivity index (χ1n) is 15.2. The molecule has 3 atom stereocenters. The Kier molecular flexibility index (Phi) is 7.10. The van der Waals surface area contributed by atoms with Crippen LogP contribution in [-0.4, -0.2) is 77.1 Å². The van der Waals surface area contributed by atoms with Gasteiger partial charge in [-0.2, -0.15) is 15.2 Å². The Bertz CT molecular complexity index is 1750. The SMILES string of the molecule is Cc1cccc2cccc(-c3ccc4c(N5CC6CCC(C5)N6C(=O)CC#N)nc(OC[C@@H]5CCCN5C)nc4c3F)c12. The van der Waals surface area contributed by atoms with Gasteiger partial charge in [-0.15, -0.1) is 0 Å². The molecule has 3 aliphatic heterocycles. The molecule has 1 amide bonds. The molecule has 4 heterocycles. The molecule has 0 saturated carbocycles. The normalized spacial score (nSPS) is 22.0. The van der Waals surface area contributed by atoms with E-state index in [1.54, 1.807) is 0 Å². The third-order valence-corrected chi connectivity index (χ3v) is 9.55. The third-order valence-electron chi connectivity index (χ3n) is 9.55. The second-order valence-corrected chi connectivity index (χ2v) is 12.1. The van der Waals surface area contributed by atoms with E-state index < -0.39 is 5.82 Å². The lowest BCUT2D eigenvalue weighted by Gasteiger charge is -2.41. The molecule has 7 rings (SSSR count). The number of halogens is 1. The van der Waals surface area contributed by atoms with Crippen molar-refractivity contribution in [2.75, 3.05) is 38.2 Å². The van der Waals surface area contributed by atoms with Crippen LogP contribution in [0.4, 0.5) is 10.2 Å². The van der Waals surface area contributed by atoms with Crippen LogP contribution in [0.2, 0.25) is 0 Å². The number of hydrogen-bond donors (Lipinski definition) is 0. The van der Waals surface area contributed by atoms with Crippen molar-refractivity contribution in [3.63, 3.8) is 0 Å². The van der Waals surface area contributed by atoms with Crippen LogP contribution in [0.15, 0.2) is 48.5 Å². The minimum atomic E-state index is -0.398. The largest absolute Gasteiger partial charge is 0.462 e. The zero-order chi connectivity index (χ0) is 29.7. The number of aromatic nitrogens is 2. The van der Waals surface area contributed by atoms with Gasteiger partial charge in [0.15, 0.2) is 5.82 Å². The highest BCUT2D eigenvalue weighted by Crippen LogP contribution is 2.39. The lowest BCUT2D eigenvalue weighted by atomic mass is 9.94. The van der Waals surface area contributed by atoms with Crippen molar-refractivity contribution in [2.45, 2.75) is 57.2 Å². The van der Waals surface area contributed by atoms with Gasteiger partial charge in [-0.05, 0) is 74.2 Å². The Hall–Kier alpha value is -4.29. The van der Waals surface area contributed by atoms with Crippen LogP contribution in [0.1, 0.15) is 37.7 Å². The molecule has 0 N–H and O–H groups in total. The molecule has 220 valence electrons. The van der Waals surface area contributed by atoms with Gasteiger partial charge in [-0.25, -0.2) is 4.39 Å². The number of rotatable bonds is 6. The summed E-state index contributed by atoms with van der Waals surface area (Å²) in [6, 6.07) is 18.3. The number of benzene rings is 3. The van der Waals surface area contributed by atoms with Crippen LogP contribution in [-0.2, 0) is 4.79 Å². The molecular formula is C34H35FN6O2. The fourth-order valence-corrected chi connectivity index (χ4v) is 7.40. The average Bonchev–Trinajstić information content (AvgIpc) is 3.54. The molecule has 4 aromatic rings. The van der Waals surface area contributed by atoms with E-state index in [0.717, 1.165) is 54.1 Å². The summed E-state index contributed by atoms with van der Waals surface area (Å²) in [7, 11) is 2.09. The Labute approximate surface area is 250 Å². The van der Waals surface area contributed by atoms with Gasteiger partial charge in [0, 0.05) is 42.2 Å². The van der Waals surface area contributed by atoms with E-state index in [0.29, 0.717) is 36.5 Å². The molecule has 2 unspecified atom stereocenters. The van der Waals surface area contributed by atoms with E-state index in [2.05, 4.69) is 21.8 Å². The number of likely N-dealkylation sites (N-methyl/N-ethyl adjacent to an activating group) is 1. The van der Waals surface area contributed by atoms with Gasteiger partial charge in [0.05, 0.1) is 6.07 Å². The van der Waals surface area contributed by atoms with Crippen LogP contribution in [0, 0.1) is 24.1 Å². The number of likely N-dealkylation sites (tertiary alicyclic amines) is 1. The molecular weight excluding hydrogens is 543 g/mol. The first-order valence-corrected chi connectivity index (χ1v) is 15.2. The molecule has 0 aliphatic carbocycles. The number of amides is 1. The minimum Gasteiger partial charge on any atom is -0.462 e. The first-order chi connectivity index (χ1) is 20.9. The van der Waals surface area contributed by atoms with Crippen LogP contribution < -0.4 is 9.64 Å². The Balaban J connectivity index is 1.32. The minimum absolute atomic E-state index is 0.0103. The van der Waals surface area contributed by atoms with Crippen molar-refractivity contribution in [1.82, 2.24) is 19.8 Å². The summed E-state index contributed by atoms with van der Waals surface area (Å²) in [4.78, 5) is 28.6. The van der Waals surface area contributed by atoms with Crippen molar-refractivity contribution in [2.24, 2.45) is 0 Å². The number of piperazine rings is 1. The molecule has 3 fully saturated rings. The van der Waals surface area contributed by atoms with Crippen molar-refractivity contribution >= 4 is 33.4 Å². The van der Waals surface area contributed by atoms with Gasteiger partial charge in [-0.3, -0.25) is 4.79 Å². The number of carbonyl (C=O) groups excluding carboxylic acids is 1. The van der Waals surface area contributed by atoms with Gasteiger partial charge in [-0.1, -0.05) is 42.5 Å². The Morgan fingerprint density at radius 2 is 1.81 bits per heavy atom. The topological polar surface area (TPSA) is 85.6 Å². The molecule has 3 aromatic carbocycles. The van der Waals surface area contributed by atoms with Crippen LogP contribution in [0.5, 0.6) is 6.01 Å². The van der Waals surface area contributed by atoms with Gasteiger partial charge in [0.2, 0.25) is 5.91 Å². The molecule has 2 bridgehead atoms. The number of ether oxygens (including phenoxy) is 1. The lowest BCUT2D eigenvalue weighted by Crippen LogP contribution is -2.56. The average molecular weight is 579 g/mol. The Morgan fingerprint density at radius 3 is 2.53 bits per heavy atom. The molecule has 0 radical (unpaired) electrons. The number of nitrogens with zero attached hydrogens (tertiary/aromatic N) is 6. The van der Waals surface area contributed by atoms with Crippen molar-refractivity contribution in [3.8, 4) is 23.2 Å². The molecule has 9 heteroatoms. The fraction of sp³-hybridized carbons (Fsp3) is 0.412. The summed E-state index contributed by atoms with van der Waals surface area (Å²) in [6.07, 6.45) is 3.79. The number of fused-ring (bicyclic) bond motifs is 4. The quantitative estimate of drug-likeness (QED) is 0.300. The predicted octanol–water partition coefficient (Wildman–Crippen LogP) is 5.46. The second-order valence-electron chi connectivity index (χ2n) is 12.1. The van der Waals surface area contributed by atoms with Crippen molar-refractivity contribution in [1.29, 1.82) is 5.26 Å². The highest BCUT2D eigenvalue weighted by molar-refractivity contribution is 6.02. The van der Waals surface area contributed by atoms with Crippen LogP contribution in [0.25, 0.3) is 32.8 Å². The standard InChI is InChI=1S/C34H35FN6O2/c1-21-6-3-7-22-8-4-10-26(30(21)22)27-13-14-28-32(31(27)35)37-34(43-20-25-9-5-17-39(25)2)38-33(28)40-18-23-11-12-24(19-40)41(23)29(42)15-16-36/h3-4,6-8,10,13-14,23-25H,5,9,11-12,15,17-20H2,1-2H3/t23?,24?,25-/m0/s1. The summed E-state index contributed by atoms with van der Waals surface area (Å²) in [5.41, 5.74) is 2.64. The second kappa shape index (κ2) is 11.1.